The molecule has 2 heterocycles. The van der Waals surface area contributed by atoms with Crippen molar-refractivity contribution in [1.82, 2.24) is 4.48 Å². The van der Waals surface area contributed by atoms with Crippen molar-refractivity contribution in [2.75, 3.05) is 0 Å². The van der Waals surface area contributed by atoms with E-state index in [1.54, 1.807) is 0 Å². The Morgan fingerprint density at radius 2 is 1.12 bits per heavy atom. The fourth-order valence-corrected chi connectivity index (χ4v) is 4.41. The van der Waals surface area contributed by atoms with Gasteiger partial charge in [0.15, 0.2) is 5.69 Å². The second-order valence-corrected chi connectivity index (χ2v) is 6.81. The van der Waals surface area contributed by atoms with Crippen molar-refractivity contribution in [3.8, 4) is 0 Å². The maximum absolute atomic E-state index is 2.44. The fourth-order valence-electron chi connectivity index (χ4n) is 4.41. The van der Waals surface area contributed by atoms with Gasteiger partial charge in [-0.1, -0.05) is 78.9 Å². The summed E-state index contributed by atoms with van der Waals surface area (Å²) in [5.74, 6) is 0. The number of aromatic nitrogens is 1. The molecule has 3 aromatic carbocycles. The lowest BCUT2D eigenvalue weighted by molar-refractivity contribution is -0.284. The van der Waals surface area contributed by atoms with Crippen LogP contribution in [-0.4, -0.2) is 21.6 Å². The van der Waals surface area contributed by atoms with Crippen molar-refractivity contribution in [2.45, 2.75) is 0 Å². The first-order chi connectivity index (χ1) is 12.9. The standard InChI is InChI=1S/C23H19BN2/c1-4-11-20(12-5-1)24(21-13-6-2-7-14-21)25-18-10-17-23(25)19-26(24)22-15-8-3-9-16-22/h1-19H. The molecule has 124 valence electrons. The predicted molar refractivity (Wildman–Crippen MR) is 109 cm³/mol. The smallest absolute Gasteiger partial charge is 0.434 e. The van der Waals surface area contributed by atoms with E-state index in [1.807, 2.05) is 0 Å². The number of benzene rings is 3. The largest absolute Gasteiger partial charge is 0.449 e. The van der Waals surface area contributed by atoms with Crippen LogP contribution in [0.15, 0.2) is 109 Å². The van der Waals surface area contributed by atoms with Crippen LogP contribution >= 0.6 is 0 Å². The van der Waals surface area contributed by atoms with Crippen LogP contribution in [0.5, 0.6) is 0 Å². The van der Waals surface area contributed by atoms with Gasteiger partial charge in [0.2, 0.25) is 0 Å². The van der Waals surface area contributed by atoms with Crippen molar-refractivity contribution in [3.05, 3.63) is 115 Å². The third-order valence-corrected chi connectivity index (χ3v) is 5.47. The molecule has 0 bridgehead atoms. The van der Waals surface area contributed by atoms with Gasteiger partial charge in [0.05, 0.1) is 5.69 Å². The van der Waals surface area contributed by atoms with E-state index in [4.69, 9.17) is 0 Å². The summed E-state index contributed by atoms with van der Waals surface area (Å²) in [4.78, 5) is 0. The third-order valence-electron chi connectivity index (χ3n) is 5.47. The third kappa shape index (κ3) is 2.04. The minimum Gasteiger partial charge on any atom is -0.449 e. The SMILES string of the molecule is C1=[N+](c2ccccc2)[B-](c2ccccc2)(c2ccccc2)n2cccc21. The molecule has 3 heteroatoms. The molecule has 5 rings (SSSR count). The lowest BCUT2D eigenvalue weighted by Gasteiger charge is -2.36. The van der Waals surface area contributed by atoms with Crippen molar-refractivity contribution >= 4 is 29.2 Å². The molecular weight excluding hydrogens is 315 g/mol. The molecular formula is C23H19BN2. The number of hydrogen-bond donors (Lipinski definition) is 0. The first-order valence-corrected chi connectivity index (χ1v) is 9.03. The van der Waals surface area contributed by atoms with Crippen LogP contribution < -0.4 is 10.9 Å². The zero-order chi connectivity index (χ0) is 17.4. The quantitative estimate of drug-likeness (QED) is 0.508. The maximum atomic E-state index is 2.44. The first kappa shape index (κ1) is 15.0. The monoisotopic (exact) mass is 334 g/mol. The van der Waals surface area contributed by atoms with E-state index in [0.717, 1.165) is 0 Å². The Balaban J connectivity index is 1.89. The average molecular weight is 334 g/mol. The van der Waals surface area contributed by atoms with Crippen LogP contribution in [0.2, 0.25) is 0 Å². The highest BCUT2D eigenvalue weighted by molar-refractivity contribution is 6.96. The Bertz CT molecular complexity index is 1030. The van der Waals surface area contributed by atoms with Crippen LogP contribution in [0.25, 0.3) is 0 Å². The van der Waals surface area contributed by atoms with E-state index in [-0.39, 0.29) is 0 Å². The predicted octanol–water partition coefficient (Wildman–Crippen LogP) is 3.37. The summed E-state index contributed by atoms with van der Waals surface area (Å²) < 4.78 is 4.87. The van der Waals surface area contributed by atoms with E-state index in [0.29, 0.717) is 0 Å². The highest BCUT2D eigenvalue weighted by Gasteiger charge is 2.48. The van der Waals surface area contributed by atoms with Gasteiger partial charge in [0, 0.05) is 12.1 Å². The highest BCUT2D eigenvalue weighted by Crippen LogP contribution is 2.26. The minimum atomic E-state index is -1.34. The molecule has 0 radical (unpaired) electrons. The summed E-state index contributed by atoms with van der Waals surface area (Å²) in [7, 11) is 0. The molecule has 0 spiro atoms. The van der Waals surface area contributed by atoms with Crippen LogP contribution in [0.4, 0.5) is 5.69 Å². The Morgan fingerprint density at radius 3 is 1.69 bits per heavy atom. The molecule has 0 amide bonds. The molecule has 0 saturated carbocycles. The van der Waals surface area contributed by atoms with Gasteiger partial charge in [-0.15, -0.1) is 10.9 Å². The highest BCUT2D eigenvalue weighted by atomic mass is 15.2. The molecule has 1 aliphatic rings. The molecule has 0 saturated heterocycles. The van der Waals surface area contributed by atoms with Gasteiger partial charge in [-0.25, -0.2) is 0 Å². The number of nitrogens with zero attached hydrogens (tertiary/aromatic N) is 2. The molecule has 2 nitrogen and oxygen atoms in total. The summed E-state index contributed by atoms with van der Waals surface area (Å²) in [6.07, 6.45) is 3.14. The van der Waals surface area contributed by atoms with Gasteiger partial charge in [-0.05, 0) is 18.3 Å². The first-order valence-electron chi connectivity index (χ1n) is 9.03. The second kappa shape index (κ2) is 5.89. The molecule has 4 aromatic rings. The molecule has 0 aliphatic carbocycles. The molecule has 0 atom stereocenters. The number of hydrogen-bond acceptors (Lipinski definition) is 0. The zero-order valence-corrected chi connectivity index (χ0v) is 14.4. The normalized spacial score (nSPS) is 14.7. The van der Waals surface area contributed by atoms with Gasteiger partial charge >= 0.3 is 6.42 Å². The van der Waals surface area contributed by atoms with Crippen molar-refractivity contribution < 1.29 is 4.49 Å². The average Bonchev–Trinajstić information content (AvgIpc) is 3.30. The summed E-state index contributed by atoms with van der Waals surface area (Å²) >= 11 is 0. The summed E-state index contributed by atoms with van der Waals surface area (Å²) in [6.45, 7) is 0. The van der Waals surface area contributed by atoms with Crippen LogP contribution in [0.1, 0.15) is 5.69 Å². The fraction of sp³-hybridized carbons (Fsp3) is 0. The van der Waals surface area contributed by atoms with Crippen LogP contribution in [-0.2, 0) is 0 Å². The Labute approximate surface area is 153 Å². The zero-order valence-electron chi connectivity index (χ0n) is 14.4. The molecule has 0 fully saturated rings. The van der Waals surface area contributed by atoms with E-state index < -0.39 is 6.42 Å². The van der Waals surface area contributed by atoms with E-state index >= 15 is 0 Å². The Hall–Kier alpha value is -3.33. The summed E-state index contributed by atoms with van der Waals surface area (Å²) in [5, 5.41) is 0. The van der Waals surface area contributed by atoms with Crippen molar-refractivity contribution in [3.63, 3.8) is 0 Å². The number of para-hydroxylation sites is 1. The molecule has 0 N–H and O–H groups in total. The van der Waals surface area contributed by atoms with Gasteiger partial charge in [0.25, 0.3) is 0 Å². The Kier molecular flexibility index (Phi) is 3.39. The minimum absolute atomic E-state index is 1.20. The molecule has 0 unspecified atom stereocenters. The van der Waals surface area contributed by atoms with Gasteiger partial charge < -0.3 is 8.96 Å². The lowest BCUT2D eigenvalue weighted by atomic mass is 9.36. The summed E-state index contributed by atoms with van der Waals surface area (Å²) in [5.41, 5.74) is 5.02. The van der Waals surface area contributed by atoms with E-state index in [1.165, 1.54) is 22.3 Å². The van der Waals surface area contributed by atoms with Gasteiger partial charge in [-0.3, -0.25) is 0 Å². The van der Waals surface area contributed by atoms with E-state index in [2.05, 4.69) is 125 Å². The van der Waals surface area contributed by atoms with Crippen molar-refractivity contribution in [2.24, 2.45) is 0 Å². The maximum Gasteiger partial charge on any atom is 0.434 e. The second-order valence-electron chi connectivity index (χ2n) is 6.81. The number of fused-ring (bicyclic) bond motifs is 1. The van der Waals surface area contributed by atoms with Gasteiger partial charge in [0.1, 0.15) is 6.21 Å². The van der Waals surface area contributed by atoms with E-state index in [9.17, 15) is 0 Å². The van der Waals surface area contributed by atoms with Crippen molar-refractivity contribution in [1.29, 1.82) is 0 Å². The van der Waals surface area contributed by atoms with Crippen LogP contribution in [0.3, 0.4) is 0 Å². The molecule has 26 heavy (non-hydrogen) atoms. The lowest BCUT2D eigenvalue weighted by Crippen LogP contribution is -2.68. The Morgan fingerprint density at radius 1 is 0.577 bits per heavy atom. The van der Waals surface area contributed by atoms with Gasteiger partial charge in [-0.2, -0.15) is 0 Å². The molecule has 1 aliphatic heterocycles. The number of rotatable bonds is 3. The molecule has 1 aromatic heterocycles. The topological polar surface area (TPSA) is 7.94 Å². The summed E-state index contributed by atoms with van der Waals surface area (Å²) in [6, 6.07) is 36.6. The van der Waals surface area contributed by atoms with Crippen LogP contribution in [0, 0.1) is 0 Å².